The summed E-state index contributed by atoms with van der Waals surface area (Å²) in [6.45, 7) is 0.668. The van der Waals surface area contributed by atoms with Gasteiger partial charge >= 0.3 is 5.56 Å². The Hall–Kier alpha value is -1.37. The zero-order valence-corrected chi connectivity index (χ0v) is 7.37. The molecule has 2 N–H and O–H groups in total. The molecule has 1 aromatic rings. The van der Waals surface area contributed by atoms with Crippen LogP contribution in [0, 0.1) is 4.91 Å². The van der Waals surface area contributed by atoms with Gasteiger partial charge in [-0.2, -0.15) is 4.98 Å². The molecular formula is C6H6N4O2S. The summed E-state index contributed by atoms with van der Waals surface area (Å²) in [4.78, 5) is 25.1. The number of nitrogens with two attached hydrogens (primary N) is 1. The van der Waals surface area contributed by atoms with Crippen molar-refractivity contribution >= 4 is 23.3 Å². The molecule has 0 atom stereocenters. The quantitative estimate of drug-likeness (QED) is 0.518. The number of thioether (sulfide) groups is 1. The minimum Gasteiger partial charge on any atom is -0.383 e. The van der Waals surface area contributed by atoms with Crippen LogP contribution in [-0.4, -0.2) is 15.3 Å². The van der Waals surface area contributed by atoms with Crippen molar-refractivity contribution in [2.75, 3.05) is 11.5 Å². The maximum atomic E-state index is 11.1. The minimum atomic E-state index is -0.645. The zero-order chi connectivity index (χ0) is 9.42. The lowest BCUT2D eigenvalue weighted by atomic mass is 10.4. The summed E-state index contributed by atoms with van der Waals surface area (Å²) in [7, 11) is 0. The molecule has 0 unspecified atom stereocenters. The average molecular weight is 198 g/mol. The number of nitrogens with zero attached hydrogens (tertiary/aromatic N) is 3. The van der Waals surface area contributed by atoms with E-state index in [1.54, 1.807) is 4.57 Å². The first-order valence-electron chi connectivity index (χ1n) is 3.60. The van der Waals surface area contributed by atoms with Gasteiger partial charge in [-0.05, 0) is 5.18 Å². The number of hydrogen-bond donors (Lipinski definition) is 1. The van der Waals surface area contributed by atoms with Gasteiger partial charge in [0.1, 0.15) is 5.82 Å². The number of fused-ring (bicyclic) bond motifs is 1. The van der Waals surface area contributed by atoms with E-state index >= 15 is 0 Å². The van der Waals surface area contributed by atoms with E-state index in [0.29, 0.717) is 11.7 Å². The molecule has 0 bridgehead atoms. The lowest BCUT2D eigenvalue weighted by Crippen LogP contribution is -2.15. The third kappa shape index (κ3) is 1.12. The Kier molecular flexibility index (Phi) is 1.80. The summed E-state index contributed by atoms with van der Waals surface area (Å²) in [6, 6.07) is 0. The van der Waals surface area contributed by atoms with Crippen LogP contribution in [0.1, 0.15) is 0 Å². The molecule has 0 aromatic carbocycles. The summed E-state index contributed by atoms with van der Waals surface area (Å²) in [5.74, 6) is 0.939. The van der Waals surface area contributed by atoms with Gasteiger partial charge in [-0.25, -0.2) is 0 Å². The molecule has 6 nitrogen and oxygen atoms in total. The first-order chi connectivity index (χ1) is 6.24. The molecule has 0 aliphatic carbocycles. The van der Waals surface area contributed by atoms with Crippen molar-refractivity contribution in [3.05, 3.63) is 15.3 Å². The molecule has 1 aliphatic rings. The number of anilines is 1. The first kappa shape index (κ1) is 8.24. The van der Waals surface area contributed by atoms with Gasteiger partial charge < -0.3 is 10.3 Å². The number of nitrogen functional groups attached to an aromatic ring is 1. The van der Waals surface area contributed by atoms with Crippen LogP contribution in [0.4, 0.5) is 11.5 Å². The molecule has 0 fully saturated rings. The van der Waals surface area contributed by atoms with Crippen LogP contribution in [0.15, 0.2) is 15.1 Å². The summed E-state index contributed by atoms with van der Waals surface area (Å²) in [6.07, 6.45) is 0. The molecule has 0 saturated carbocycles. The summed E-state index contributed by atoms with van der Waals surface area (Å²) in [5.41, 5.74) is 4.63. The Labute approximate surface area is 77.1 Å². The van der Waals surface area contributed by atoms with Crippen molar-refractivity contribution in [3.63, 3.8) is 0 Å². The highest BCUT2D eigenvalue weighted by Gasteiger charge is 2.19. The van der Waals surface area contributed by atoms with Gasteiger partial charge in [0.15, 0.2) is 5.16 Å². The van der Waals surface area contributed by atoms with Crippen LogP contribution >= 0.6 is 11.8 Å². The van der Waals surface area contributed by atoms with E-state index in [1.165, 1.54) is 11.8 Å². The van der Waals surface area contributed by atoms with Crippen LogP contribution in [-0.2, 0) is 6.54 Å². The number of nitroso groups, excluding NO2 is 1. The normalized spacial score (nSPS) is 14.2. The Morgan fingerprint density at radius 1 is 1.62 bits per heavy atom. The van der Waals surface area contributed by atoms with Crippen molar-refractivity contribution in [3.8, 4) is 0 Å². The second-order valence-corrected chi connectivity index (χ2v) is 3.59. The first-order valence-corrected chi connectivity index (χ1v) is 4.59. The maximum absolute atomic E-state index is 11.1. The van der Waals surface area contributed by atoms with E-state index in [0.717, 1.165) is 5.75 Å². The molecule has 0 amide bonds. The molecule has 0 spiro atoms. The van der Waals surface area contributed by atoms with Gasteiger partial charge in [-0.1, -0.05) is 11.8 Å². The second kappa shape index (κ2) is 2.84. The lowest BCUT2D eigenvalue weighted by Gasteiger charge is -2.05. The standard InChI is InChI=1S/C6H6N4O2S/c7-4-3(9-12)5(11)8-6-10(4)1-2-13-6/h1-2,7H2. The van der Waals surface area contributed by atoms with Crippen molar-refractivity contribution in [1.29, 1.82) is 0 Å². The SMILES string of the molecule is Nc1c(N=O)c(=O)nc2n1CCS2. The van der Waals surface area contributed by atoms with Gasteiger partial charge in [-0.15, -0.1) is 4.91 Å². The van der Waals surface area contributed by atoms with Crippen LogP contribution in [0.3, 0.4) is 0 Å². The summed E-state index contributed by atoms with van der Waals surface area (Å²) in [5, 5.41) is 3.13. The highest BCUT2D eigenvalue weighted by Crippen LogP contribution is 2.28. The van der Waals surface area contributed by atoms with E-state index in [1.807, 2.05) is 0 Å². The predicted molar refractivity (Wildman–Crippen MR) is 49.1 cm³/mol. The van der Waals surface area contributed by atoms with Gasteiger partial charge in [0.05, 0.1) is 0 Å². The van der Waals surface area contributed by atoms with Crippen LogP contribution < -0.4 is 11.3 Å². The summed E-state index contributed by atoms with van der Waals surface area (Å²) < 4.78 is 1.63. The maximum Gasteiger partial charge on any atom is 0.305 e. The minimum absolute atomic E-state index is 0.120. The number of hydrogen-bond acceptors (Lipinski definition) is 6. The lowest BCUT2D eigenvalue weighted by molar-refractivity contribution is 0.688. The largest absolute Gasteiger partial charge is 0.383 e. The Morgan fingerprint density at radius 3 is 3.08 bits per heavy atom. The Morgan fingerprint density at radius 2 is 2.38 bits per heavy atom. The highest BCUT2D eigenvalue weighted by molar-refractivity contribution is 7.99. The fraction of sp³-hybridized carbons (Fsp3) is 0.333. The van der Waals surface area contributed by atoms with E-state index in [9.17, 15) is 9.70 Å². The third-order valence-electron chi connectivity index (χ3n) is 1.80. The fourth-order valence-electron chi connectivity index (χ4n) is 1.18. The van der Waals surface area contributed by atoms with E-state index in [-0.39, 0.29) is 11.5 Å². The molecule has 0 radical (unpaired) electrons. The van der Waals surface area contributed by atoms with E-state index in [2.05, 4.69) is 10.2 Å². The number of rotatable bonds is 1. The van der Waals surface area contributed by atoms with Gasteiger partial charge in [0.25, 0.3) is 0 Å². The molecule has 2 heterocycles. The third-order valence-corrected chi connectivity index (χ3v) is 2.76. The second-order valence-electron chi connectivity index (χ2n) is 2.52. The van der Waals surface area contributed by atoms with Crippen LogP contribution in [0.5, 0.6) is 0 Å². The molecule has 0 saturated heterocycles. The van der Waals surface area contributed by atoms with E-state index in [4.69, 9.17) is 5.73 Å². The van der Waals surface area contributed by atoms with Gasteiger partial charge in [-0.3, -0.25) is 4.79 Å². The monoisotopic (exact) mass is 198 g/mol. The van der Waals surface area contributed by atoms with Gasteiger partial charge in [0, 0.05) is 12.3 Å². The van der Waals surface area contributed by atoms with Crippen LogP contribution in [0.25, 0.3) is 0 Å². The average Bonchev–Trinajstić information content (AvgIpc) is 2.53. The fourth-order valence-corrected chi connectivity index (χ4v) is 2.13. The topological polar surface area (TPSA) is 90.3 Å². The molecular weight excluding hydrogens is 192 g/mol. The predicted octanol–water partition coefficient (Wildman–Crippen LogP) is 0.329. The Balaban J connectivity index is 2.76. The zero-order valence-electron chi connectivity index (χ0n) is 6.56. The number of aromatic nitrogens is 2. The van der Waals surface area contributed by atoms with Crippen molar-refractivity contribution < 1.29 is 0 Å². The van der Waals surface area contributed by atoms with Crippen LogP contribution in [0.2, 0.25) is 0 Å². The Bertz CT molecular complexity index is 427. The molecule has 7 heteroatoms. The summed E-state index contributed by atoms with van der Waals surface area (Å²) >= 11 is 1.44. The molecule has 13 heavy (non-hydrogen) atoms. The van der Waals surface area contributed by atoms with E-state index < -0.39 is 5.56 Å². The smallest absolute Gasteiger partial charge is 0.305 e. The molecule has 1 aliphatic heterocycles. The van der Waals surface area contributed by atoms with Crippen molar-refractivity contribution in [1.82, 2.24) is 9.55 Å². The molecule has 68 valence electrons. The highest BCUT2D eigenvalue weighted by atomic mass is 32.2. The van der Waals surface area contributed by atoms with Crippen molar-refractivity contribution in [2.45, 2.75) is 11.7 Å². The molecule has 1 aromatic heterocycles. The van der Waals surface area contributed by atoms with Gasteiger partial charge in [0.2, 0.25) is 5.69 Å². The van der Waals surface area contributed by atoms with Crippen molar-refractivity contribution in [2.24, 2.45) is 5.18 Å². The molecule has 2 rings (SSSR count).